The second-order valence-electron chi connectivity index (χ2n) is 7.30. The van der Waals surface area contributed by atoms with Crippen LogP contribution in [0.15, 0.2) is 58.9 Å². The molecule has 0 aliphatic rings. The Kier molecular flexibility index (Phi) is 9.88. The van der Waals surface area contributed by atoms with E-state index in [1.165, 1.54) is 23.5 Å². The topological polar surface area (TPSA) is 67.7 Å². The first-order valence-corrected chi connectivity index (χ1v) is 12.4. The molecule has 3 aromatic rings. The SMILES string of the molecule is O=C(NCCCl)NCCCn1c(-c2ccc(OC(F)(F)F)cc2)cs/c1=N\Cc1ccc(Cl)cc1. The van der Waals surface area contributed by atoms with E-state index in [2.05, 4.69) is 15.4 Å². The van der Waals surface area contributed by atoms with Crippen LogP contribution in [0.3, 0.4) is 0 Å². The normalized spacial score (nSPS) is 12.0. The number of amides is 2. The molecule has 0 unspecified atom stereocenters. The molecule has 0 saturated carbocycles. The molecule has 0 aliphatic carbocycles. The van der Waals surface area contributed by atoms with Crippen molar-refractivity contribution < 1.29 is 22.7 Å². The number of urea groups is 1. The average Bonchev–Trinajstić information content (AvgIpc) is 3.22. The van der Waals surface area contributed by atoms with Crippen molar-refractivity contribution in [1.29, 1.82) is 0 Å². The lowest BCUT2D eigenvalue weighted by molar-refractivity contribution is -0.274. The lowest BCUT2D eigenvalue weighted by Gasteiger charge is -2.12. The number of ether oxygens (including phenoxy) is 1. The zero-order valence-corrected chi connectivity index (χ0v) is 20.8. The van der Waals surface area contributed by atoms with E-state index in [9.17, 15) is 18.0 Å². The van der Waals surface area contributed by atoms with Crippen molar-refractivity contribution in [2.75, 3.05) is 19.0 Å². The van der Waals surface area contributed by atoms with Gasteiger partial charge in [-0.15, -0.1) is 36.1 Å². The number of benzene rings is 2. The first-order chi connectivity index (χ1) is 16.7. The Bertz CT molecular complexity index is 1160. The minimum Gasteiger partial charge on any atom is -0.406 e. The maximum absolute atomic E-state index is 12.5. The van der Waals surface area contributed by atoms with Crippen LogP contribution >= 0.6 is 34.5 Å². The van der Waals surface area contributed by atoms with Crippen LogP contribution in [-0.2, 0) is 13.1 Å². The van der Waals surface area contributed by atoms with Crippen molar-refractivity contribution in [2.24, 2.45) is 4.99 Å². The van der Waals surface area contributed by atoms with Crippen molar-refractivity contribution >= 4 is 40.6 Å². The number of alkyl halides is 4. The molecule has 35 heavy (non-hydrogen) atoms. The van der Waals surface area contributed by atoms with Gasteiger partial charge < -0.3 is 19.9 Å². The molecular weight excluding hydrogens is 524 g/mol. The highest BCUT2D eigenvalue weighted by atomic mass is 35.5. The molecule has 0 fully saturated rings. The third-order valence-electron chi connectivity index (χ3n) is 4.72. The van der Waals surface area contributed by atoms with E-state index in [4.69, 9.17) is 28.2 Å². The van der Waals surface area contributed by atoms with Crippen molar-refractivity contribution in [3.63, 3.8) is 0 Å². The lowest BCUT2D eigenvalue weighted by atomic mass is 10.1. The summed E-state index contributed by atoms with van der Waals surface area (Å²) in [5.41, 5.74) is 2.51. The maximum Gasteiger partial charge on any atom is 0.573 e. The minimum atomic E-state index is -4.75. The fraction of sp³-hybridized carbons (Fsp3) is 0.304. The van der Waals surface area contributed by atoms with Crippen LogP contribution < -0.4 is 20.2 Å². The molecule has 3 rings (SSSR count). The number of carbonyl (C=O) groups is 1. The molecule has 0 radical (unpaired) electrons. The summed E-state index contributed by atoms with van der Waals surface area (Å²) < 4.78 is 43.4. The molecule has 1 heterocycles. The van der Waals surface area contributed by atoms with Gasteiger partial charge in [-0.25, -0.2) is 4.79 Å². The molecule has 0 spiro atoms. The second-order valence-corrected chi connectivity index (χ2v) is 8.95. The maximum atomic E-state index is 12.5. The second kappa shape index (κ2) is 12.9. The van der Waals surface area contributed by atoms with Gasteiger partial charge in [-0.3, -0.25) is 4.99 Å². The first kappa shape index (κ1) is 26.9. The lowest BCUT2D eigenvalue weighted by Crippen LogP contribution is -2.37. The summed E-state index contributed by atoms with van der Waals surface area (Å²) in [4.78, 5) is 17.2. The van der Waals surface area contributed by atoms with Crippen LogP contribution in [0.5, 0.6) is 5.75 Å². The highest BCUT2D eigenvalue weighted by Crippen LogP contribution is 2.27. The third kappa shape index (κ3) is 8.79. The Morgan fingerprint density at radius 3 is 2.40 bits per heavy atom. The Labute approximate surface area is 214 Å². The molecule has 2 N–H and O–H groups in total. The monoisotopic (exact) mass is 546 g/mol. The summed E-state index contributed by atoms with van der Waals surface area (Å²) in [6, 6.07) is 12.8. The van der Waals surface area contributed by atoms with Gasteiger partial charge >= 0.3 is 12.4 Å². The summed E-state index contributed by atoms with van der Waals surface area (Å²) in [5, 5.41) is 7.94. The number of aromatic nitrogens is 1. The summed E-state index contributed by atoms with van der Waals surface area (Å²) in [5.74, 6) is 0.0372. The molecule has 1 aromatic heterocycles. The third-order valence-corrected chi connectivity index (χ3v) is 6.06. The summed E-state index contributed by atoms with van der Waals surface area (Å²) in [6.45, 7) is 1.77. The van der Waals surface area contributed by atoms with E-state index >= 15 is 0 Å². The van der Waals surface area contributed by atoms with Crippen molar-refractivity contribution in [3.05, 3.63) is 69.3 Å². The number of hydrogen-bond acceptors (Lipinski definition) is 4. The molecule has 0 atom stereocenters. The number of thiazole rings is 1. The molecule has 188 valence electrons. The van der Waals surface area contributed by atoms with Gasteiger partial charge in [-0.05, 0) is 53.9 Å². The fourth-order valence-corrected chi connectivity index (χ4v) is 4.30. The summed E-state index contributed by atoms with van der Waals surface area (Å²) >= 11 is 12.9. The van der Waals surface area contributed by atoms with Crippen LogP contribution in [0.2, 0.25) is 5.02 Å². The fourth-order valence-electron chi connectivity index (χ4n) is 3.14. The molecule has 0 aliphatic heterocycles. The summed E-state index contributed by atoms with van der Waals surface area (Å²) in [6.07, 6.45) is -4.14. The van der Waals surface area contributed by atoms with Crippen LogP contribution in [0, 0.1) is 0 Å². The standard InChI is InChI=1S/C23H23Cl2F3N4O2S/c24-10-12-30-21(33)29-11-1-13-32-20(17-4-8-19(9-5-17)34-23(26,27)28)15-35-22(32)31-14-16-2-6-18(25)7-3-16/h2-9,15H,1,10-14H2,(H2,29,30,33)/b31-22-. The Morgan fingerprint density at radius 1 is 1.06 bits per heavy atom. The number of nitrogens with one attached hydrogen (secondary N) is 2. The highest BCUT2D eigenvalue weighted by Gasteiger charge is 2.31. The summed E-state index contributed by atoms with van der Waals surface area (Å²) in [7, 11) is 0. The predicted molar refractivity (Wildman–Crippen MR) is 132 cm³/mol. The van der Waals surface area contributed by atoms with Crippen LogP contribution in [0.25, 0.3) is 11.3 Å². The largest absolute Gasteiger partial charge is 0.573 e. The molecular formula is C23H23Cl2F3N4O2S. The van der Waals surface area contributed by atoms with Gasteiger partial charge in [0.1, 0.15) is 5.75 Å². The van der Waals surface area contributed by atoms with Gasteiger partial charge in [0.2, 0.25) is 0 Å². The van der Waals surface area contributed by atoms with Gasteiger partial charge in [-0.2, -0.15) is 0 Å². The van der Waals surface area contributed by atoms with E-state index < -0.39 is 6.36 Å². The molecule has 0 saturated heterocycles. The number of hydrogen-bond donors (Lipinski definition) is 2. The minimum absolute atomic E-state index is 0.289. The van der Waals surface area contributed by atoms with Crippen molar-refractivity contribution in [1.82, 2.24) is 15.2 Å². The Balaban J connectivity index is 1.79. The Hall–Kier alpha value is -2.69. The highest BCUT2D eigenvalue weighted by molar-refractivity contribution is 7.07. The van der Waals surface area contributed by atoms with E-state index in [-0.39, 0.29) is 11.8 Å². The van der Waals surface area contributed by atoms with Gasteiger partial charge in [0.05, 0.1) is 12.2 Å². The predicted octanol–water partition coefficient (Wildman–Crippen LogP) is 5.80. The molecule has 12 heteroatoms. The number of rotatable bonds is 10. The van der Waals surface area contributed by atoms with Crippen molar-refractivity contribution in [2.45, 2.75) is 25.9 Å². The number of nitrogens with zero attached hydrogens (tertiary/aromatic N) is 2. The number of halogens is 5. The van der Waals surface area contributed by atoms with Gasteiger partial charge in [0, 0.05) is 35.9 Å². The van der Waals surface area contributed by atoms with E-state index in [1.807, 2.05) is 22.1 Å². The van der Waals surface area contributed by atoms with Crippen LogP contribution in [0.1, 0.15) is 12.0 Å². The molecule has 2 amide bonds. The zero-order valence-electron chi connectivity index (χ0n) is 18.4. The number of carbonyl (C=O) groups excluding carboxylic acids is 1. The van der Waals surface area contributed by atoms with Gasteiger partial charge in [-0.1, -0.05) is 23.7 Å². The van der Waals surface area contributed by atoms with Gasteiger partial charge in [0.25, 0.3) is 0 Å². The van der Waals surface area contributed by atoms with E-state index in [0.29, 0.717) is 43.5 Å². The molecule has 2 aromatic carbocycles. The smallest absolute Gasteiger partial charge is 0.406 e. The van der Waals surface area contributed by atoms with Crippen LogP contribution in [0.4, 0.5) is 18.0 Å². The average molecular weight is 547 g/mol. The van der Waals surface area contributed by atoms with E-state index in [1.54, 1.807) is 24.3 Å². The zero-order chi connectivity index (χ0) is 25.3. The van der Waals surface area contributed by atoms with Crippen LogP contribution in [-0.4, -0.2) is 35.9 Å². The Morgan fingerprint density at radius 2 is 1.74 bits per heavy atom. The first-order valence-electron chi connectivity index (χ1n) is 10.6. The van der Waals surface area contributed by atoms with Gasteiger partial charge in [0.15, 0.2) is 4.80 Å². The molecule has 6 nitrogen and oxygen atoms in total. The van der Waals surface area contributed by atoms with Crippen molar-refractivity contribution in [3.8, 4) is 17.0 Å². The quantitative estimate of drug-likeness (QED) is 0.249. The van der Waals surface area contributed by atoms with E-state index in [0.717, 1.165) is 21.6 Å². The molecule has 0 bridgehead atoms.